The molecule has 0 aliphatic heterocycles. The number of hydrogen-bond donors (Lipinski definition) is 1. The molecule has 108 valence electrons. The predicted molar refractivity (Wildman–Crippen MR) is 77.5 cm³/mol. The summed E-state index contributed by atoms with van der Waals surface area (Å²) in [6, 6.07) is -0.370. The zero-order valence-corrected chi connectivity index (χ0v) is 13.3. The molecular formula is C13H23N3O2S. The maximum Gasteiger partial charge on any atom is 0.328 e. The van der Waals surface area contributed by atoms with Crippen LogP contribution in [0.4, 0.5) is 5.13 Å². The van der Waals surface area contributed by atoms with Crippen LogP contribution < -0.4 is 5.32 Å². The molecule has 0 aliphatic carbocycles. The first-order valence-electron chi connectivity index (χ1n) is 6.42. The van der Waals surface area contributed by atoms with E-state index in [0.717, 1.165) is 5.82 Å². The molecule has 0 spiro atoms. The third kappa shape index (κ3) is 4.78. The Kier molecular flexibility index (Phi) is 5.29. The number of nitrogens with zero attached hydrogens (tertiary/aromatic N) is 2. The fourth-order valence-corrected chi connectivity index (χ4v) is 2.37. The molecule has 0 radical (unpaired) electrons. The van der Waals surface area contributed by atoms with Crippen LogP contribution in [0, 0.1) is 5.92 Å². The molecule has 19 heavy (non-hydrogen) atoms. The summed E-state index contributed by atoms with van der Waals surface area (Å²) in [5.41, 5.74) is -0.0881. The molecule has 5 nitrogen and oxygen atoms in total. The number of hydrogen-bond acceptors (Lipinski definition) is 6. The van der Waals surface area contributed by atoms with Crippen LogP contribution in [0.25, 0.3) is 0 Å². The molecule has 1 rings (SSSR count). The van der Waals surface area contributed by atoms with E-state index < -0.39 is 0 Å². The molecule has 0 amide bonds. The molecule has 0 saturated heterocycles. The van der Waals surface area contributed by atoms with E-state index in [1.54, 1.807) is 0 Å². The molecule has 1 aromatic heterocycles. The van der Waals surface area contributed by atoms with E-state index in [-0.39, 0.29) is 17.4 Å². The van der Waals surface area contributed by atoms with Crippen LogP contribution in [0.15, 0.2) is 0 Å². The van der Waals surface area contributed by atoms with Gasteiger partial charge in [-0.1, -0.05) is 34.6 Å². The zero-order chi connectivity index (χ0) is 14.6. The summed E-state index contributed by atoms with van der Waals surface area (Å²) in [6.07, 6.45) is 0.705. The lowest BCUT2D eigenvalue weighted by atomic mass is 9.96. The van der Waals surface area contributed by atoms with Crippen LogP contribution in [-0.4, -0.2) is 28.5 Å². The lowest BCUT2D eigenvalue weighted by Gasteiger charge is -2.17. The topological polar surface area (TPSA) is 64.1 Å². The van der Waals surface area contributed by atoms with Crippen molar-refractivity contribution >= 4 is 22.6 Å². The molecule has 0 aliphatic rings. The van der Waals surface area contributed by atoms with Crippen LogP contribution in [0.3, 0.4) is 0 Å². The molecule has 0 bridgehead atoms. The van der Waals surface area contributed by atoms with Gasteiger partial charge < -0.3 is 10.1 Å². The molecule has 1 unspecified atom stereocenters. The Bertz CT molecular complexity index is 424. The Morgan fingerprint density at radius 2 is 2.05 bits per heavy atom. The van der Waals surface area contributed by atoms with Gasteiger partial charge in [-0.05, 0) is 12.3 Å². The number of carbonyl (C=O) groups excluding carboxylic acids is 1. The van der Waals surface area contributed by atoms with Crippen molar-refractivity contribution in [2.75, 3.05) is 12.4 Å². The van der Waals surface area contributed by atoms with Gasteiger partial charge in [-0.25, -0.2) is 9.78 Å². The van der Waals surface area contributed by atoms with Crippen LogP contribution >= 0.6 is 11.5 Å². The van der Waals surface area contributed by atoms with E-state index in [1.807, 2.05) is 0 Å². The first-order chi connectivity index (χ1) is 8.74. The van der Waals surface area contributed by atoms with Crippen LogP contribution in [0.1, 0.15) is 46.9 Å². The minimum atomic E-state index is -0.370. The Morgan fingerprint density at radius 1 is 1.42 bits per heavy atom. The second kappa shape index (κ2) is 6.32. The van der Waals surface area contributed by atoms with Gasteiger partial charge >= 0.3 is 5.97 Å². The second-order valence-corrected chi connectivity index (χ2v) is 6.77. The summed E-state index contributed by atoms with van der Waals surface area (Å²) < 4.78 is 9.14. The first-order valence-corrected chi connectivity index (χ1v) is 7.20. The summed E-state index contributed by atoms with van der Waals surface area (Å²) >= 11 is 1.28. The molecule has 1 heterocycles. The van der Waals surface area contributed by atoms with Crippen molar-refractivity contribution in [3.63, 3.8) is 0 Å². The van der Waals surface area contributed by atoms with Gasteiger partial charge in [0.1, 0.15) is 11.9 Å². The largest absolute Gasteiger partial charge is 0.467 e. The van der Waals surface area contributed by atoms with E-state index in [4.69, 9.17) is 4.74 Å². The summed E-state index contributed by atoms with van der Waals surface area (Å²) in [5, 5.41) is 3.79. The van der Waals surface area contributed by atoms with E-state index in [2.05, 4.69) is 49.3 Å². The minimum absolute atomic E-state index is 0.0881. The maximum atomic E-state index is 11.7. The monoisotopic (exact) mass is 285 g/mol. The summed E-state index contributed by atoms with van der Waals surface area (Å²) in [7, 11) is 1.40. The van der Waals surface area contributed by atoms with Gasteiger partial charge in [0, 0.05) is 16.9 Å². The van der Waals surface area contributed by atoms with Crippen LogP contribution in [0.5, 0.6) is 0 Å². The van der Waals surface area contributed by atoms with Crippen molar-refractivity contribution in [1.82, 2.24) is 9.36 Å². The number of esters is 1. The van der Waals surface area contributed by atoms with Crippen LogP contribution in [-0.2, 0) is 14.9 Å². The minimum Gasteiger partial charge on any atom is -0.467 e. The molecule has 1 atom stereocenters. The zero-order valence-electron chi connectivity index (χ0n) is 12.5. The van der Waals surface area contributed by atoms with Gasteiger partial charge in [0.2, 0.25) is 5.13 Å². The fraction of sp³-hybridized carbons (Fsp3) is 0.769. The molecule has 1 aromatic rings. The molecule has 6 heteroatoms. The SMILES string of the molecule is COC(=O)C(CC(C)C)Nc1nc(C(C)(C)C)ns1. The predicted octanol–water partition coefficient (Wildman–Crippen LogP) is 2.84. The molecule has 0 saturated carbocycles. The normalized spacial score (nSPS) is 13.4. The summed E-state index contributed by atoms with van der Waals surface area (Å²) in [4.78, 5) is 16.2. The molecule has 1 N–H and O–H groups in total. The second-order valence-electron chi connectivity index (χ2n) is 6.02. The number of anilines is 1. The first kappa shape index (κ1) is 15.9. The number of methoxy groups -OCH3 is 1. The van der Waals surface area contributed by atoms with Gasteiger partial charge in [0.05, 0.1) is 7.11 Å². The van der Waals surface area contributed by atoms with Crippen molar-refractivity contribution < 1.29 is 9.53 Å². The highest BCUT2D eigenvalue weighted by Crippen LogP contribution is 2.24. The molecule has 0 aromatic carbocycles. The van der Waals surface area contributed by atoms with Crippen molar-refractivity contribution in [2.24, 2.45) is 5.92 Å². The average molecular weight is 285 g/mol. The lowest BCUT2D eigenvalue weighted by molar-refractivity contribution is -0.141. The van der Waals surface area contributed by atoms with E-state index in [9.17, 15) is 4.79 Å². The van der Waals surface area contributed by atoms with Gasteiger partial charge in [0.25, 0.3) is 0 Å². The Hall–Kier alpha value is -1.17. The highest BCUT2D eigenvalue weighted by Gasteiger charge is 2.24. The quantitative estimate of drug-likeness (QED) is 0.843. The smallest absolute Gasteiger partial charge is 0.328 e. The Labute approximate surface area is 118 Å². The van der Waals surface area contributed by atoms with Gasteiger partial charge in [-0.15, -0.1) is 0 Å². The third-order valence-electron chi connectivity index (χ3n) is 2.59. The molecular weight excluding hydrogens is 262 g/mol. The van der Waals surface area contributed by atoms with Gasteiger partial charge in [-0.2, -0.15) is 4.37 Å². The fourth-order valence-electron chi connectivity index (χ4n) is 1.56. The van der Waals surface area contributed by atoms with E-state index >= 15 is 0 Å². The average Bonchev–Trinajstić information content (AvgIpc) is 2.74. The lowest BCUT2D eigenvalue weighted by Crippen LogP contribution is -2.32. The van der Waals surface area contributed by atoms with Crippen molar-refractivity contribution in [3.8, 4) is 0 Å². The highest BCUT2D eigenvalue weighted by atomic mass is 32.1. The van der Waals surface area contributed by atoms with E-state index in [0.29, 0.717) is 17.5 Å². The van der Waals surface area contributed by atoms with Crippen LogP contribution in [0.2, 0.25) is 0 Å². The number of carbonyl (C=O) groups is 1. The number of rotatable bonds is 5. The van der Waals surface area contributed by atoms with Gasteiger partial charge in [0.15, 0.2) is 0 Å². The number of ether oxygens (including phenoxy) is 1. The third-order valence-corrected chi connectivity index (χ3v) is 3.23. The number of nitrogens with one attached hydrogen (secondary N) is 1. The standard InChI is InChI=1S/C13H23N3O2S/c1-8(2)7-9(10(17)18-6)14-12-15-11(16-19-12)13(3,4)5/h8-9H,7H2,1-6H3,(H,14,15,16). The summed E-state index contributed by atoms with van der Waals surface area (Å²) in [6.45, 7) is 10.3. The summed E-state index contributed by atoms with van der Waals surface area (Å²) in [5.74, 6) is 0.918. The highest BCUT2D eigenvalue weighted by molar-refractivity contribution is 7.09. The number of aromatic nitrogens is 2. The Morgan fingerprint density at radius 3 is 2.47 bits per heavy atom. The maximum absolute atomic E-state index is 11.7. The Balaban J connectivity index is 2.79. The van der Waals surface area contributed by atoms with E-state index in [1.165, 1.54) is 18.6 Å². The van der Waals surface area contributed by atoms with Crippen molar-refractivity contribution in [2.45, 2.75) is 52.5 Å². The van der Waals surface area contributed by atoms with Crippen molar-refractivity contribution in [3.05, 3.63) is 5.82 Å². The molecule has 0 fully saturated rings. The van der Waals surface area contributed by atoms with Gasteiger partial charge in [-0.3, -0.25) is 0 Å². The van der Waals surface area contributed by atoms with Crippen molar-refractivity contribution in [1.29, 1.82) is 0 Å².